The largest absolute Gasteiger partial charge is 0.493 e. The van der Waals surface area contributed by atoms with Crippen LogP contribution >= 0.6 is 0 Å². The number of carboxylic acid groups (broad SMARTS) is 1. The van der Waals surface area contributed by atoms with E-state index in [0.29, 0.717) is 24.3 Å². The third-order valence-corrected chi connectivity index (χ3v) is 3.12. The number of hydrogen-bond acceptors (Lipinski definition) is 5. The molecular formula is C16H21N3O5. The molecule has 0 saturated carbocycles. The first-order valence-electron chi connectivity index (χ1n) is 7.53. The van der Waals surface area contributed by atoms with Gasteiger partial charge in [-0.2, -0.15) is 5.10 Å². The van der Waals surface area contributed by atoms with Gasteiger partial charge < -0.3 is 15.2 Å². The van der Waals surface area contributed by atoms with Gasteiger partial charge in [0.1, 0.15) is 5.75 Å². The predicted molar refractivity (Wildman–Crippen MR) is 88.2 cm³/mol. The van der Waals surface area contributed by atoms with Gasteiger partial charge in [0.15, 0.2) is 0 Å². The highest BCUT2D eigenvalue weighted by Gasteiger charge is 2.14. The molecule has 0 saturated heterocycles. The van der Waals surface area contributed by atoms with Crippen LogP contribution in [0.2, 0.25) is 0 Å². The van der Waals surface area contributed by atoms with E-state index in [-0.39, 0.29) is 11.6 Å². The van der Waals surface area contributed by atoms with E-state index in [0.717, 1.165) is 0 Å². The number of hydrogen-bond donors (Lipinski definition) is 3. The molecule has 8 heteroatoms. The second-order valence-corrected chi connectivity index (χ2v) is 4.97. The molecule has 1 rings (SSSR count). The summed E-state index contributed by atoms with van der Waals surface area (Å²) in [5.74, 6) is -2.36. The van der Waals surface area contributed by atoms with Crippen LogP contribution in [0.15, 0.2) is 23.3 Å². The number of nitrogens with one attached hydrogen (secondary N) is 2. The van der Waals surface area contributed by atoms with Gasteiger partial charge in [-0.1, -0.05) is 6.92 Å². The molecule has 0 unspecified atom stereocenters. The fraction of sp³-hybridized carbons (Fsp3) is 0.375. The van der Waals surface area contributed by atoms with Crippen LogP contribution in [0.4, 0.5) is 0 Å². The van der Waals surface area contributed by atoms with Crippen LogP contribution in [-0.4, -0.2) is 41.8 Å². The van der Waals surface area contributed by atoms with Crippen molar-refractivity contribution in [3.05, 3.63) is 29.3 Å². The van der Waals surface area contributed by atoms with E-state index in [1.54, 1.807) is 13.8 Å². The van der Waals surface area contributed by atoms with Crippen molar-refractivity contribution < 1.29 is 24.2 Å². The van der Waals surface area contributed by atoms with Crippen molar-refractivity contribution in [2.75, 3.05) is 6.61 Å². The summed E-state index contributed by atoms with van der Waals surface area (Å²) in [5.41, 5.74) is 2.52. The van der Waals surface area contributed by atoms with Gasteiger partial charge in [-0.05, 0) is 38.5 Å². The molecule has 2 amide bonds. The molecule has 0 fully saturated rings. The summed E-state index contributed by atoms with van der Waals surface area (Å²) in [4.78, 5) is 34.2. The van der Waals surface area contributed by atoms with Gasteiger partial charge in [-0.15, -0.1) is 0 Å². The number of carbonyl (C=O) groups excluding carboxylic acids is 2. The number of aromatic carboxylic acids is 1. The summed E-state index contributed by atoms with van der Waals surface area (Å²) in [7, 11) is 0. The van der Waals surface area contributed by atoms with E-state index >= 15 is 0 Å². The number of carboxylic acids is 1. The van der Waals surface area contributed by atoms with Crippen LogP contribution in [0.25, 0.3) is 0 Å². The maximum atomic E-state index is 11.6. The molecule has 0 radical (unpaired) electrons. The summed E-state index contributed by atoms with van der Waals surface area (Å²) >= 11 is 0. The van der Waals surface area contributed by atoms with Crippen molar-refractivity contribution in [2.24, 2.45) is 5.10 Å². The summed E-state index contributed by atoms with van der Waals surface area (Å²) < 4.78 is 5.37. The van der Waals surface area contributed by atoms with Gasteiger partial charge in [0.05, 0.1) is 18.4 Å². The summed E-state index contributed by atoms with van der Waals surface area (Å²) in [5, 5.41) is 15.2. The minimum absolute atomic E-state index is 0.0562. The zero-order valence-corrected chi connectivity index (χ0v) is 13.8. The van der Waals surface area contributed by atoms with Crippen molar-refractivity contribution in [3.8, 4) is 5.75 Å². The lowest BCUT2D eigenvalue weighted by Gasteiger charge is -2.10. The lowest BCUT2D eigenvalue weighted by atomic mass is 10.1. The molecule has 0 bridgehead atoms. The lowest BCUT2D eigenvalue weighted by Crippen LogP contribution is -2.41. The van der Waals surface area contributed by atoms with E-state index < -0.39 is 17.8 Å². The van der Waals surface area contributed by atoms with Crippen LogP contribution in [0.5, 0.6) is 5.75 Å². The van der Waals surface area contributed by atoms with Gasteiger partial charge in [0.2, 0.25) is 0 Å². The minimum Gasteiger partial charge on any atom is -0.493 e. The number of ether oxygens (including phenoxy) is 1. The fourth-order valence-electron chi connectivity index (χ4n) is 1.67. The first kappa shape index (κ1) is 19.1. The van der Waals surface area contributed by atoms with Crippen molar-refractivity contribution in [1.29, 1.82) is 0 Å². The Morgan fingerprint density at radius 3 is 2.58 bits per heavy atom. The van der Waals surface area contributed by atoms with Crippen LogP contribution < -0.4 is 15.5 Å². The summed E-state index contributed by atoms with van der Waals surface area (Å²) in [6.07, 6.45) is 1.92. The van der Waals surface area contributed by atoms with E-state index in [2.05, 4.69) is 15.8 Å². The molecule has 24 heavy (non-hydrogen) atoms. The van der Waals surface area contributed by atoms with Gasteiger partial charge in [-0.3, -0.25) is 9.59 Å². The first-order valence-corrected chi connectivity index (χ1v) is 7.53. The Morgan fingerprint density at radius 2 is 2.00 bits per heavy atom. The number of rotatable bonds is 7. The quantitative estimate of drug-likeness (QED) is 0.392. The van der Waals surface area contributed by atoms with E-state index in [4.69, 9.17) is 9.84 Å². The molecule has 130 valence electrons. The SMILES string of the molecule is CCOc1ccc(C(=O)O)cc1/C=N\NC(=O)C(=O)N[C@@H](C)CC. The topological polar surface area (TPSA) is 117 Å². The molecule has 0 aliphatic carbocycles. The minimum atomic E-state index is -1.09. The first-order chi connectivity index (χ1) is 11.4. The van der Waals surface area contributed by atoms with Gasteiger partial charge >= 0.3 is 17.8 Å². The number of amides is 2. The Morgan fingerprint density at radius 1 is 1.29 bits per heavy atom. The zero-order valence-electron chi connectivity index (χ0n) is 13.8. The maximum Gasteiger partial charge on any atom is 0.335 e. The van der Waals surface area contributed by atoms with E-state index in [1.807, 2.05) is 6.92 Å². The molecule has 1 aromatic rings. The molecule has 8 nitrogen and oxygen atoms in total. The van der Waals surface area contributed by atoms with Crippen LogP contribution in [0.1, 0.15) is 43.1 Å². The Hall–Kier alpha value is -2.90. The third-order valence-electron chi connectivity index (χ3n) is 3.12. The van der Waals surface area contributed by atoms with Crippen LogP contribution in [0.3, 0.4) is 0 Å². The van der Waals surface area contributed by atoms with E-state index in [1.165, 1.54) is 24.4 Å². The molecule has 0 heterocycles. The average molecular weight is 335 g/mol. The molecule has 0 aliphatic heterocycles. The Bertz CT molecular complexity index is 643. The highest BCUT2D eigenvalue weighted by atomic mass is 16.5. The monoisotopic (exact) mass is 335 g/mol. The van der Waals surface area contributed by atoms with E-state index in [9.17, 15) is 14.4 Å². The smallest absolute Gasteiger partial charge is 0.335 e. The fourth-order valence-corrected chi connectivity index (χ4v) is 1.67. The molecular weight excluding hydrogens is 314 g/mol. The molecule has 3 N–H and O–H groups in total. The number of nitrogens with zero attached hydrogens (tertiary/aromatic N) is 1. The van der Waals surface area contributed by atoms with Crippen molar-refractivity contribution in [1.82, 2.24) is 10.7 Å². The van der Waals surface area contributed by atoms with Crippen molar-refractivity contribution in [3.63, 3.8) is 0 Å². The molecule has 0 aliphatic rings. The Labute approximate surface area is 139 Å². The van der Waals surface area contributed by atoms with Crippen molar-refractivity contribution >= 4 is 24.0 Å². The maximum absolute atomic E-state index is 11.6. The predicted octanol–water partition coefficient (Wildman–Crippen LogP) is 1.15. The van der Waals surface area contributed by atoms with Crippen molar-refractivity contribution in [2.45, 2.75) is 33.2 Å². The highest BCUT2D eigenvalue weighted by Crippen LogP contribution is 2.18. The zero-order chi connectivity index (χ0) is 18.1. The second-order valence-electron chi connectivity index (χ2n) is 4.97. The molecule has 0 spiro atoms. The number of benzene rings is 1. The van der Waals surface area contributed by atoms with Gasteiger partial charge in [-0.25, -0.2) is 10.2 Å². The number of hydrazone groups is 1. The summed E-state index contributed by atoms with van der Waals surface area (Å²) in [6, 6.07) is 4.15. The normalized spacial score (nSPS) is 11.8. The highest BCUT2D eigenvalue weighted by molar-refractivity contribution is 6.35. The Balaban J connectivity index is 2.81. The second kappa shape index (κ2) is 9.29. The average Bonchev–Trinajstić information content (AvgIpc) is 2.55. The van der Waals surface area contributed by atoms with Crippen LogP contribution in [-0.2, 0) is 9.59 Å². The molecule has 1 aromatic carbocycles. The summed E-state index contributed by atoms with van der Waals surface area (Å²) in [6.45, 7) is 5.83. The lowest BCUT2D eigenvalue weighted by molar-refractivity contribution is -0.139. The molecule has 0 aromatic heterocycles. The Kier molecular flexibility index (Phi) is 7.41. The van der Waals surface area contributed by atoms with Gasteiger partial charge in [0.25, 0.3) is 0 Å². The van der Waals surface area contributed by atoms with Gasteiger partial charge in [0, 0.05) is 11.6 Å². The number of carbonyl (C=O) groups is 3. The van der Waals surface area contributed by atoms with Crippen LogP contribution in [0, 0.1) is 0 Å². The standard InChI is InChI=1S/C16H21N3O5/c1-4-10(3)18-14(20)15(21)19-17-9-12-8-11(16(22)23)6-7-13(12)24-5-2/h6-10H,4-5H2,1-3H3,(H,18,20)(H,19,21)(H,22,23)/b17-9-/t10-/m0/s1. The molecule has 1 atom stereocenters. The third kappa shape index (κ3) is 5.71.